The van der Waals surface area contributed by atoms with E-state index in [0.29, 0.717) is 36.8 Å². The number of hydrogen-bond acceptors (Lipinski definition) is 4. The van der Waals surface area contributed by atoms with Gasteiger partial charge in [-0.15, -0.1) is 0 Å². The van der Waals surface area contributed by atoms with Gasteiger partial charge in [-0.3, -0.25) is 4.79 Å². The third-order valence-corrected chi connectivity index (χ3v) is 5.13. The van der Waals surface area contributed by atoms with Gasteiger partial charge < -0.3 is 9.42 Å². The first kappa shape index (κ1) is 16.2. The van der Waals surface area contributed by atoms with E-state index < -0.39 is 11.6 Å². The number of likely N-dealkylation sites (tertiary alicyclic amines) is 1. The van der Waals surface area contributed by atoms with Crippen LogP contribution in [0.4, 0.5) is 8.78 Å². The van der Waals surface area contributed by atoms with Crippen molar-refractivity contribution in [1.29, 1.82) is 0 Å². The van der Waals surface area contributed by atoms with Crippen molar-refractivity contribution in [1.82, 2.24) is 15.0 Å². The van der Waals surface area contributed by atoms with Crippen LogP contribution in [0.5, 0.6) is 0 Å². The predicted molar refractivity (Wildman–Crippen MR) is 84.8 cm³/mol. The second kappa shape index (κ2) is 6.20. The summed E-state index contributed by atoms with van der Waals surface area (Å²) in [6.07, 6.45) is 2.35. The smallest absolute Gasteiger partial charge is 0.226 e. The third-order valence-electron chi connectivity index (χ3n) is 5.13. The highest BCUT2D eigenvalue weighted by atomic mass is 19.2. The molecule has 3 atom stereocenters. The van der Waals surface area contributed by atoms with Gasteiger partial charge in [0, 0.05) is 31.8 Å². The number of benzene rings is 1. The van der Waals surface area contributed by atoms with Crippen molar-refractivity contribution >= 4 is 5.91 Å². The van der Waals surface area contributed by atoms with Crippen molar-refractivity contribution in [2.45, 2.75) is 38.0 Å². The number of aromatic nitrogens is 2. The molecule has 1 saturated heterocycles. The van der Waals surface area contributed by atoms with Gasteiger partial charge in [0.25, 0.3) is 0 Å². The summed E-state index contributed by atoms with van der Waals surface area (Å²) in [6, 6.07) is 4.15. The SMILES string of the molecule is Cc1nc([C@@H]2CCCN(C(=O)[C@@H]3C[C@H]3c3cccc(F)c3F)C2)no1. The van der Waals surface area contributed by atoms with Crippen LogP contribution in [-0.2, 0) is 4.79 Å². The van der Waals surface area contributed by atoms with Crippen LogP contribution in [-0.4, -0.2) is 34.0 Å². The maximum Gasteiger partial charge on any atom is 0.226 e. The second-order valence-electron chi connectivity index (χ2n) is 6.89. The molecule has 1 aromatic carbocycles. The molecule has 7 heteroatoms. The standard InChI is InChI=1S/C18H19F2N3O2/c1-10-21-17(22-25-10)11-4-3-7-23(9-11)18(24)14-8-13(14)12-5-2-6-15(19)16(12)20/h2,5-6,11,13-14H,3-4,7-9H2,1H3/t11-,13+,14-/m1/s1. The van der Waals surface area contributed by atoms with Crippen molar-refractivity contribution in [2.24, 2.45) is 5.92 Å². The Bertz CT molecular complexity index is 807. The summed E-state index contributed by atoms with van der Waals surface area (Å²) in [5.74, 6) is -0.946. The molecule has 2 fully saturated rings. The minimum absolute atomic E-state index is 0.0126. The molecule has 2 heterocycles. The zero-order valence-electron chi connectivity index (χ0n) is 13.9. The van der Waals surface area contributed by atoms with Crippen LogP contribution in [0, 0.1) is 24.5 Å². The molecule has 5 nitrogen and oxygen atoms in total. The fourth-order valence-corrected chi connectivity index (χ4v) is 3.72. The minimum atomic E-state index is -0.860. The Hall–Kier alpha value is -2.31. The van der Waals surface area contributed by atoms with E-state index in [2.05, 4.69) is 10.1 Å². The second-order valence-corrected chi connectivity index (χ2v) is 6.89. The van der Waals surface area contributed by atoms with Gasteiger partial charge in [0.2, 0.25) is 11.8 Å². The van der Waals surface area contributed by atoms with Crippen molar-refractivity contribution in [2.75, 3.05) is 13.1 Å². The Balaban J connectivity index is 1.44. The van der Waals surface area contributed by atoms with Crippen LogP contribution in [0.3, 0.4) is 0 Å². The van der Waals surface area contributed by atoms with E-state index in [1.807, 2.05) is 4.90 Å². The number of nitrogens with zero attached hydrogens (tertiary/aromatic N) is 3. The first-order chi connectivity index (χ1) is 12.0. The molecule has 1 aromatic heterocycles. The number of carbonyl (C=O) groups is 1. The lowest BCUT2D eigenvalue weighted by Crippen LogP contribution is -2.40. The Morgan fingerprint density at radius 1 is 1.36 bits per heavy atom. The Morgan fingerprint density at radius 3 is 2.96 bits per heavy atom. The molecule has 0 bridgehead atoms. The molecule has 0 radical (unpaired) electrons. The number of piperidine rings is 1. The van der Waals surface area contributed by atoms with E-state index in [0.717, 1.165) is 18.9 Å². The first-order valence-electron chi connectivity index (χ1n) is 8.57. The Morgan fingerprint density at radius 2 is 2.20 bits per heavy atom. The molecule has 132 valence electrons. The van der Waals surface area contributed by atoms with E-state index in [9.17, 15) is 13.6 Å². The van der Waals surface area contributed by atoms with Gasteiger partial charge >= 0.3 is 0 Å². The summed E-state index contributed by atoms with van der Waals surface area (Å²) in [4.78, 5) is 18.8. The summed E-state index contributed by atoms with van der Waals surface area (Å²) < 4.78 is 32.4. The van der Waals surface area contributed by atoms with E-state index in [1.54, 1.807) is 13.0 Å². The summed E-state index contributed by atoms with van der Waals surface area (Å²) in [5, 5.41) is 3.96. The first-order valence-corrected chi connectivity index (χ1v) is 8.57. The van der Waals surface area contributed by atoms with Gasteiger partial charge in [-0.25, -0.2) is 8.78 Å². The van der Waals surface area contributed by atoms with E-state index in [4.69, 9.17) is 4.52 Å². The van der Waals surface area contributed by atoms with Crippen molar-refractivity contribution < 1.29 is 18.1 Å². The van der Waals surface area contributed by atoms with Gasteiger partial charge in [-0.2, -0.15) is 4.98 Å². The normalized spacial score (nSPS) is 25.9. The molecule has 0 unspecified atom stereocenters. The van der Waals surface area contributed by atoms with Gasteiger partial charge in [-0.1, -0.05) is 17.3 Å². The lowest BCUT2D eigenvalue weighted by Gasteiger charge is -2.31. The highest BCUT2D eigenvalue weighted by Gasteiger charge is 2.47. The van der Waals surface area contributed by atoms with Crippen LogP contribution >= 0.6 is 0 Å². The highest BCUT2D eigenvalue weighted by Crippen LogP contribution is 2.49. The van der Waals surface area contributed by atoms with Gasteiger partial charge in [-0.05, 0) is 36.8 Å². The Labute approximate surface area is 144 Å². The molecular formula is C18H19F2N3O2. The van der Waals surface area contributed by atoms with Crippen molar-refractivity contribution in [3.63, 3.8) is 0 Å². The lowest BCUT2D eigenvalue weighted by atomic mass is 9.96. The van der Waals surface area contributed by atoms with E-state index >= 15 is 0 Å². The maximum absolute atomic E-state index is 13.9. The molecule has 1 amide bonds. The largest absolute Gasteiger partial charge is 0.342 e. The topological polar surface area (TPSA) is 59.2 Å². The van der Waals surface area contributed by atoms with Crippen LogP contribution in [0.1, 0.15) is 48.4 Å². The minimum Gasteiger partial charge on any atom is -0.342 e. The third kappa shape index (κ3) is 3.03. The summed E-state index contributed by atoms with van der Waals surface area (Å²) in [6.45, 7) is 2.97. The molecule has 0 N–H and O–H groups in total. The Kier molecular flexibility index (Phi) is 4.01. The number of halogens is 2. The summed E-state index contributed by atoms with van der Waals surface area (Å²) >= 11 is 0. The molecular weight excluding hydrogens is 328 g/mol. The molecule has 25 heavy (non-hydrogen) atoms. The van der Waals surface area contributed by atoms with Gasteiger partial charge in [0.15, 0.2) is 17.5 Å². The summed E-state index contributed by atoms with van der Waals surface area (Å²) in [5.41, 5.74) is 0.306. The van der Waals surface area contributed by atoms with Crippen molar-refractivity contribution in [3.8, 4) is 0 Å². The number of carbonyl (C=O) groups excluding carboxylic acids is 1. The summed E-state index contributed by atoms with van der Waals surface area (Å²) in [7, 11) is 0. The van der Waals surface area contributed by atoms with Gasteiger partial charge in [0.05, 0.1) is 0 Å². The molecule has 4 rings (SSSR count). The van der Waals surface area contributed by atoms with Crippen LogP contribution < -0.4 is 0 Å². The number of hydrogen-bond donors (Lipinski definition) is 0. The molecule has 0 spiro atoms. The predicted octanol–water partition coefficient (Wildman–Crippen LogP) is 3.17. The average molecular weight is 347 g/mol. The fourth-order valence-electron chi connectivity index (χ4n) is 3.72. The quantitative estimate of drug-likeness (QED) is 0.856. The van der Waals surface area contributed by atoms with Crippen molar-refractivity contribution in [3.05, 3.63) is 47.1 Å². The van der Waals surface area contributed by atoms with E-state index in [-0.39, 0.29) is 23.7 Å². The zero-order valence-corrected chi connectivity index (χ0v) is 13.9. The molecule has 2 aromatic rings. The van der Waals surface area contributed by atoms with E-state index in [1.165, 1.54) is 6.07 Å². The zero-order chi connectivity index (χ0) is 17.6. The monoisotopic (exact) mass is 347 g/mol. The van der Waals surface area contributed by atoms with Gasteiger partial charge in [0.1, 0.15) is 0 Å². The van der Waals surface area contributed by atoms with Crippen LogP contribution in [0.25, 0.3) is 0 Å². The molecule has 1 aliphatic heterocycles. The lowest BCUT2D eigenvalue weighted by molar-refractivity contribution is -0.133. The number of rotatable bonds is 3. The fraction of sp³-hybridized carbons (Fsp3) is 0.500. The van der Waals surface area contributed by atoms with Crippen LogP contribution in [0.2, 0.25) is 0 Å². The number of amides is 1. The highest BCUT2D eigenvalue weighted by molar-refractivity contribution is 5.83. The molecule has 2 aliphatic rings. The molecule has 1 saturated carbocycles. The maximum atomic E-state index is 13.9. The van der Waals surface area contributed by atoms with Crippen LogP contribution in [0.15, 0.2) is 22.7 Å². The average Bonchev–Trinajstić information content (AvgIpc) is 3.29. The number of aryl methyl sites for hydroxylation is 1. The molecule has 1 aliphatic carbocycles.